The predicted octanol–water partition coefficient (Wildman–Crippen LogP) is 3.22. The number of likely N-dealkylation sites (N-methyl/N-ethyl adjacent to an activating group) is 3. The van der Waals surface area contributed by atoms with Crippen LogP contribution in [-0.4, -0.2) is 136 Å². The van der Waals surface area contributed by atoms with Gasteiger partial charge in [0.25, 0.3) is 0 Å². The highest BCUT2D eigenvalue weighted by Crippen LogP contribution is 2.07. The van der Waals surface area contributed by atoms with Crippen molar-refractivity contribution in [3.63, 3.8) is 0 Å². The molecule has 5 nitrogen and oxygen atoms in total. The molecule has 0 aromatic rings. The van der Waals surface area contributed by atoms with Gasteiger partial charge in [-0.1, -0.05) is 13.8 Å². The summed E-state index contributed by atoms with van der Waals surface area (Å²) in [6.45, 7) is 21.9. The van der Waals surface area contributed by atoms with Gasteiger partial charge in [-0.2, -0.15) is 11.8 Å². The Morgan fingerprint density at radius 1 is 0.724 bits per heavy atom. The van der Waals surface area contributed by atoms with Gasteiger partial charge in [0.05, 0.1) is 0 Å². The van der Waals surface area contributed by atoms with Gasteiger partial charge in [-0.05, 0) is 75.2 Å². The minimum Gasteiger partial charge on any atom is -0.309 e. The molecular formula is C23H55N5S. The molecule has 0 N–H and O–H groups in total. The Morgan fingerprint density at radius 3 is 1.55 bits per heavy atom. The van der Waals surface area contributed by atoms with Crippen LogP contribution in [0.2, 0.25) is 0 Å². The molecule has 1 fully saturated rings. The Labute approximate surface area is 189 Å². The molecule has 0 radical (unpaired) electrons. The molecule has 0 aromatic carbocycles. The van der Waals surface area contributed by atoms with E-state index in [9.17, 15) is 0 Å². The molecule has 0 unspecified atom stereocenters. The summed E-state index contributed by atoms with van der Waals surface area (Å²) in [5.41, 5.74) is 0. The fourth-order valence-electron chi connectivity index (χ4n) is 2.43. The van der Waals surface area contributed by atoms with Crippen LogP contribution < -0.4 is 0 Å². The fraction of sp³-hybridized carbons (Fsp3) is 1.00. The zero-order chi connectivity index (χ0) is 23.0. The van der Waals surface area contributed by atoms with Crippen LogP contribution in [0.5, 0.6) is 0 Å². The molecule has 178 valence electrons. The van der Waals surface area contributed by atoms with Crippen molar-refractivity contribution in [1.82, 2.24) is 24.5 Å². The van der Waals surface area contributed by atoms with E-state index in [1.54, 1.807) is 0 Å². The maximum atomic E-state index is 2.53. The van der Waals surface area contributed by atoms with Crippen molar-refractivity contribution in [2.45, 2.75) is 58.9 Å². The van der Waals surface area contributed by atoms with Gasteiger partial charge in [-0.15, -0.1) is 0 Å². The summed E-state index contributed by atoms with van der Waals surface area (Å²) in [5, 5.41) is 0.782. The summed E-state index contributed by atoms with van der Waals surface area (Å²) < 4.78 is 0. The molecule has 1 aliphatic heterocycles. The van der Waals surface area contributed by atoms with Gasteiger partial charge in [0.2, 0.25) is 0 Å². The third kappa shape index (κ3) is 22.7. The first-order chi connectivity index (χ1) is 13.4. The van der Waals surface area contributed by atoms with Crippen LogP contribution in [0.4, 0.5) is 0 Å². The zero-order valence-electron chi connectivity index (χ0n) is 22.0. The molecule has 0 aromatic heterocycles. The van der Waals surface area contributed by atoms with Crippen LogP contribution in [0.3, 0.4) is 0 Å². The van der Waals surface area contributed by atoms with E-state index in [-0.39, 0.29) is 0 Å². The number of hydrogen-bond donors (Lipinski definition) is 0. The van der Waals surface area contributed by atoms with E-state index < -0.39 is 0 Å². The summed E-state index contributed by atoms with van der Waals surface area (Å²) in [7, 11) is 12.8. The maximum absolute atomic E-state index is 2.53. The van der Waals surface area contributed by atoms with Crippen molar-refractivity contribution < 1.29 is 0 Å². The predicted molar refractivity (Wildman–Crippen MR) is 137 cm³/mol. The zero-order valence-corrected chi connectivity index (χ0v) is 22.8. The Balaban J connectivity index is 0. The summed E-state index contributed by atoms with van der Waals surface area (Å²) in [6, 6.07) is 1.40. The SMILES string of the molecule is CC(C)N(C)CCN(C)C.CC(C)N1CCN(C)CC1.CC(C)SCCN(C)C. The van der Waals surface area contributed by atoms with Gasteiger partial charge in [-0.25, -0.2) is 0 Å². The number of hydrogen-bond acceptors (Lipinski definition) is 6. The molecule has 0 aliphatic carbocycles. The lowest BCUT2D eigenvalue weighted by molar-refractivity contribution is 0.126. The third-order valence-electron chi connectivity index (χ3n) is 5.04. The second-order valence-corrected chi connectivity index (χ2v) is 11.2. The van der Waals surface area contributed by atoms with E-state index in [1.165, 1.54) is 38.5 Å². The molecular weight excluding hydrogens is 378 g/mol. The van der Waals surface area contributed by atoms with Crippen LogP contribution in [0.25, 0.3) is 0 Å². The summed E-state index contributed by atoms with van der Waals surface area (Å²) in [5.74, 6) is 1.25. The van der Waals surface area contributed by atoms with Crippen LogP contribution in [-0.2, 0) is 0 Å². The highest BCUT2D eigenvalue weighted by Gasteiger charge is 2.15. The second kappa shape index (κ2) is 18.9. The van der Waals surface area contributed by atoms with Gasteiger partial charge in [0, 0.05) is 63.6 Å². The van der Waals surface area contributed by atoms with E-state index in [1.807, 2.05) is 11.8 Å². The first-order valence-corrected chi connectivity index (χ1v) is 12.5. The highest BCUT2D eigenvalue weighted by atomic mass is 32.2. The minimum absolute atomic E-state index is 0.667. The molecule has 0 saturated carbocycles. The van der Waals surface area contributed by atoms with Crippen molar-refractivity contribution in [3.05, 3.63) is 0 Å². The van der Waals surface area contributed by atoms with E-state index >= 15 is 0 Å². The monoisotopic (exact) mass is 433 g/mol. The summed E-state index contributed by atoms with van der Waals surface area (Å²) >= 11 is 2.02. The quantitative estimate of drug-likeness (QED) is 0.551. The van der Waals surface area contributed by atoms with Crippen molar-refractivity contribution in [2.24, 2.45) is 0 Å². The summed E-state index contributed by atoms with van der Waals surface area (Å²) in [4.78, 5) is 11.7. The topological polar surface area (TPSA) is 16.2 Å². The Morgan fingerprint density at radius 2 is 1.21 bits per heavy atom. The molecule has 1 rings (SSSR count). The van der Waals surface area contributed by atoms with E-state index in [2.05, 4.69) is 108 Å². The smallest absolute Gasteiger partial charge is 0.0112 e. The minimum atomic E-state index is 0.667. The largest absolute Gasteiger partial charge is 0.309 e. The third-order valence-corrected chi connectivity index (χ3v) is 6.12. The molecule has 1 heterocycles. The lowest BCUT2D eigenvalue weighted by Crippen LogP contribution is -2.47. The van der Waals surface area contributed by atoms with Crippen molar-refractivity contribution >= 4 is 11.8 Å². The van der Waals surface area contributed by atoms with Crippen LogP contribution in [0, 0.1) is 0 Å². The lowest BCUT2D eigenvalue weighted by atomic mass is 10.2. The van der Waals surface area contributed by atoms with Gasteiger partial charge < -0.3 is 19.6 Å². The Kier molecular flexibility index (Phi) is 20.4. The van der Waals surface area contributed by atoms with Crippen molar-refractivity contribution in [2.75, 3.05) is 93.9 Å². The van der Waals surface area contributed by atoms with E-state index in [0.717, 1.165) is 24.4 Å². The van der Waals surface area contributed by atoms with Crippen LogP contribution >= 0.6 is 11.8 Å². The molecule has 0 bridgehead atoms. The first-order valence-electron chi connectivity index (χ1n) is 11.4. The number of nitrogens with zero attached hydrogens (tertiary/aromatic N) is 5. The fourth-order valence-corrected chi connectivity index (χ4v) is 3.37. The van der Waals surface area contributed by atoms with Crippen LogP contribution in [0.1, 0.15) is 41.5 Å². The average molecular weight is 434 g/mol. The Hall–Kier alpha value is 0.150. The van der Waals surface area contributed by atoms with Gasteiger partial charge in [0.1, 0.15) is 0 Å². The Bertz CT molecular complexity index is 332. The molecule has 29 heavy (non-hydrogen) atoms. The standard InChI is InChI=1S/C8H18N2.C8H20N2.C7H17NS/c1-8(2)10-6-4-9(3)5-7-10;1-8(2)10(5)7-6-9(3)4;1-7(2)9-6-5-8(3)4/h8H,4-7H2,1-3H3;8H,6-7H2,1-5H3;7H,5-6H2,1-4H3. The van der Waals surface area contributed by atoms with Crippen LogP contribution in [0.15, 0.2) is 0 Å². The highest BCUT2D eigenvalue weighted by molar-refractivity contribution is 7.99. The van der Waals surface area contributed by atoms with Crippen molar-refractivity contribution in [3.8, 4) is 0 Å². The van der Waals surface area contributed by atoms with Gasteiger partial charge >= 0.3 is 0 Å². The van der Waals surface area contributed by atoms with E-state index in [0.29, 0.717) is 6.04 Å². The molecule has 0 amide bonds. The van der Waals surface area contributed by atoms with E-state index in [4.69, 9.17) is 0 Å². The normalized spacial score (nSPS) is 15.9. The lowest BCUT2D eigenvalue weighted by Gasteiger charge is -2.34. The maximum Gasteiger partial charge on any atom is 0.0112 e. The molecule has 0 atom stereocenters. The molecule has 1 saturated heterocycles. The number of rotatable bonds is 9. The van der Waals surface area contributed by atoms with Gasteiger partial charge in [0.15, 0.2) is 0 Å². The average Bonchev–Trinajstić information content (AvgIpc) is 2.60. The number of thioether (sulfide) groups is 1. The first kappa shape index (κ1) is 31.3. The van der Waals surface area contributed by atoms with Crippen molar-refractivity contribution in [1.29, 1.82) is 0 Å². The van der Waals surface area contributed by atoms with Gasteiger partial charge in [-0.3, -0.25) is 4.90 Å². The second-order valence-electron chi connectivity index (χ2n) is 9.53. The molecule has 0 spiro atoms. The number of piperazine rings is 1. The molecule has 6 heteroatoms. The molecule has 1 aliphatic rings. The summed E-state index contributed by atoms with van der Waals surface area (Å²) in [6.07, 6.45) is 0.